The van der Waals surface area contributed by atoms with Gasteiger partial charge in [0.1, 0.15) is 24.1 Å². The predicted octanol–water partition coefficient (Wildman–Crippen LogP) is 3.07. The van der Waals surface area contributed by atoms with Crippen molar-refractivity contribution in [2.45, 2.75) is 37.8 Å². The lowest BCUT2D eigenvalue weighted by Gasteiger charge is -2.25. The van der Waals surface area contributed by atoms with Gasteiger partial charge in [0.05, 0.1) is 11.5 Å². The Morgan fingerprint density at radius 3 is 2.63 bits per heavy atom. The molecule has 0 saturated carbocycles. The van der Waals surface area contributed by atoms with E-state index in [1.54, 1.807) is 24.3 Å². The number of terminal acetylenes is 1. The number of hydrogen-bond acceptors (Lipinski definition) is 6. The van der Waals surface area contributed by atoms with Gasteiger partial charge in [-0.15, -0.1) is 6.42 Å². The van der Waals surface area contributed by atoms with E-state index in [-0.39, 0.29) is 6.61 Å². The second kappa shape index (κ2) is 7.62. The molecule has 1 aromatic heterocycles. The largest absolute Gasteiger partial charge is 0.461 e. The lowest BCUT2D eigenvalue weighted by Crippen LogP contribution is -2.42. The molecule has 6 heteroatoms. The molecule has 2 N–H and O–H groups in total. The Balaban J connectivity index is 1.62. The minimum atomic E-state index is -2.03. The molecule has 1 aliphatic heterocycles. The number of benzene rings is 2. The summed E-state index contributed by atoms with van der Waals surface area (Å²) in [7, 11) is 0. The average Bonchev–Trinajstić information content (AvgIpc) is 3.26. The van der Waals surface area contributed by atoms with Crippen LogP contribution in [0.5, 0.6) is 0 Å². The number of esters is 1. The molecule has 0 aliphatic carbocycles. The molecule has 1 saturated heterocycles. The summed E-state index contributed by atoms with van der Waals surface area (Å²) >= 11 is 0. The number of aliphatic hydroxyl groups excluding tert-OH is 1. The van der Waals surface area contributed by atoms with Crippen LogP contribution in [-0.4, -0.2) is 40.8 Å². The number of aliphatic hydroxyl groups is 2. The van der Waals surface area contributed by atoms with Crippen LogP contribution in [0.1, 0.15) is 33.2 Å². The molecule has 1 aliphatic rings. The minimum absolute atomic E-state index is 0.214. The van der Waals surface area contributed by atoms with E-state index in [0.717, 1.165) is 16.5 Å². The van der Waals surface area contributed by atoms with Gasteiger partial charge in [0, 0.05) is 5.39 Å². The second-order valence-corrected chi connectivity index (χ2v) is 7.57. The Bertz CT molecular complexity index is 1120. The predicted molar refractivity (Wildman–Crippen MR) is 110 cm³/mol. The van der Waals surface area contributed by atoms with Crippen molar-refractivity contribution in [1.29, 1.82) is 0 Å². The molecule has 154 valence electrons. The monoisotopic (exact) mass is 406 g/mol. The van der Waals surface area contributed by atoms with Crippen molar-refractivity contribution < 1.29 is 28.9 Å². The Morgan fingerprint density at radius 2 is 1.97 bits per heavy atom. The highest BCUT2D eigenvalue weighted by molar-refractivity contribution is 5.89. The fourth-order valence-corrected chi connectivity index (χ4v) is 3.79. The summed E-state index contributed by atoms with van der Waals surface area (Å²) in [5.41, 5.74) is 1.01. The third kappa shape index (κ3) is 3.37. The molecule has 3 aromatic rings. The molecular formula is C24H22O6. The zero-order valence-electron chi connectivity index (χ0n) is 16.7. The summed E-state index contributed by atoms with van der Waals surface area (Å²) in [5, 5.41) is 22.1. The van der Waals surface area contributed by atoms with Gasteiger partial charge < -0.3 is 24.1 Å². The molecule has 0 amide bonds. The molecule has 0 radical (unpaired) electrons. The molecule has 30 heavy (non-hydrogen) atoms. The Labute approximate surface area is 174 Å². The van der Waals surface area contributed by atoms with E-state index >= 15 is 0 Å². The number of furan rings is 1. The van der Waals surface area contributed by atoms with Crippen molar-refractivity contribution in [2.75, 3.05) is 6.61 Å². The quantitative estimate of drug-likeness (QED) is 0.511. The number of carbonyl (C=O) groups excluding carboxylic acids is 1. The zero-order chi connectivity index (χ0) is 21.5. The summed E-state index contributed by atoms with van der Waals surface area (Å²) in [6.07, 6.45) is 3.00. The van der Waals surface area contributed by atoms with Gasteiger partial charge in [-0.2, -0.15) is 0 Å². The van der Waals surface area contributed by atoms with E-state index in [2.05, 4.69) is 5.92 Å². The van der Waals surface area contributed by atoms with E-state index in [4.69, 9.17) is 20.3 Å². The summed E-state index contributed by atoms with van der Waals surface area (Å²) in [4.78, 5) is 12.4. The molecule has 4 rings (SSSR count). The second-order valence-electron chi connectivity index (χ2n) is 7.57. The maximum atomic E-state index is 12.4. The van der Waals surface area contributed by atoms with Crippen molar-refractivity contribution in [3.63, 3.8) is 0 Å². The summed E-state index contributed by atoms with van der Waals surface area (Å²) in [5.74, 6) is 1.13. The molecule has 1 fully saturated rings. The summed E-state index contributed by atoms with van der Waals surface area (Å²) in [6, 6.07) is 14.3. The van der Waals surface area contributed by atoms with Crippen LogP contribution in [0.25, 0.3) is 11.0 Å². The first-order chi connectivity index (χ1) is 14.3. The molecule has 6 nitrogen and oxygen atoms in total. The van der Waals surface area contributed by atoms with Gasteiger partial charge in [-0.05, 0) is 43.7 Å². The molecule has 4 atom stereocenters. The SMILES string of the molecule is C#C[C@@]1(O)C(O)O[C@@H](COC(=O)c2ccc(C)cc2)[C@H]1c1cc2c(C)cccc2o1. The topological polar surface area (TPSA) is 89.1 Å². The van der Waals surface area contributed by atoms with Crippen LogP contribution in [0.4, 0.5) is 0 Å². The summed E-state index contributed by atoms with van der Waals surface area (Å²) < 4.78 is 16.8. The lowest BCUT2D eigenvalue weighted by molar-refractivity contribution is -0.153. The van der Waals surface area contributed by atoms with Gasteiger partial charge in [-0.3, -0.25) is 0 Å². The van der Waals surface area contributed by atoms with Crippen molar-refractivity contribution in [3.8, 4) is 12.3 Å². The van der Waals surface area contributed by atoms with E-state index in [0.29, 0.717) is 16.9 Å². The van der Waals surface area contributed by atoms with E-state index < -0.39 is 29.9 Å². The standard InChI is InChI=1S/C24H22O6/c1-4-24(27)21(19-12-17-15(3)6-5-7-18(17)29-19)20(30-23(24)26)13-28-22(25)16-10-8-14(2)9-11-16/h1,5-12,20-21,23,26-27H,13H2,2-3H3/t20-,21+,23?,24-/m0/s1. The van der Waals surface area contributed by atoms with E-state index in [1.165, 1.54) is 0 Å². The van der Waals surface area contributed by atoms with Gasteiger partial charge in [-0.1, -0.05) is 35.7 Å². The highest BCUT2D eigenvalue weighted by Crippen LogP contribution is 2.44. The molecule has 2 heterocycles. The van der Waals surface area contributed by atoms with Gasteiger partial charge in [0.15, 0.2) is 11.9 Å². The van der Waals surface area contributed by atoms with Crippen LogP contribution in [0.2, 0.25) is 0 Å². The van der Waals surface area contributed by atoms with E-state index in [9.17, 15) is 15.0 Å². The fourth-order valence-electron chi connectivity index (χ4n) is 3.79. The van der Waals surface area contributed by atoms with Crippen LogP contribution >= 0.6 is 0 Å². The smallest absolute Gasteiger partial charge is 0.338 e. The van der Waals surface area contributed by atoms with Gasteiger partial charge >= 0.3 is 5.97 Å². The van der Waals surface area contributed by atoms with E-state index in [1.807, 2.05) is 38.1 Å². The Morgan fingerprint density at radius 1 is 1.23 bits per heavy atom. The highest BCUT2D eigenvalue weighted by Gasteiger charge is 2.57. The van der Waals surface area contributed by atoms with Crippen molar-refractivity contribution in [1.82, 2.24) is 0 Å². The van der Waals surface area contributed by atoms with Gasteiger partial charge in [0.25, 0.3) is 0 Å². The molecule has 2 aromatic carbocycles. The maximum absolute atomic E-state index is 12.4. The summed E-state index contributed by atoms with van der Waals surface area (Å²) in [6.45, 7) is 3.65. The third-order valence-electron chi connectivity index (χ3n) is 5.53. The van der Waals surface area contributed by atoms with Crippen molar-refractivity contribution >= 4 is 16.9 Å². The molecule has 0 spiro atoms. The maximum Gasteiger partial charge on any atom is 0.338 e. The fraction of sp³-hybridized carbons (Fsp3) is 0.292. The van der Waals surface area contributed by atoms with Crippen LogP contribution < -0.4 is 0 Å². The van der Waals surface area contributed by atoms with Crippen molar-refractivity contribution in [3.05, 3.63) is 71.0 Å². The zero-order valence-corrected chi connectivity index (χ0v) is 16.7. The first kappa shape index (κ1) is 20.2. The Hall–Kier alpha value is -3.11. The molecule has 1 unspecified atom stereocenters. The van der Waals surface area contributed by atoms with Crippen LogP contribution in [0.3, 0.4) is 0 Å². The average molecular weight is 406 g/mol. The normalized spacial score (nSPS) is 25.9. The van der Waals surface area contributed by atoms with Crippen LogP contribution in [0.15, 0.2) is 52.9 Å². The minimum Gasteiger partial charge on any atom is -0.461 e. The highest BCUT2D eigenvalue weighted by atomic mass is 16.6. The van der Waals surface area contributed by atoms with Gasteiger partial charge in [-0.25, -0.2) is 4.79 Å². The Kier molecular flexibility index (Phi) is 5.12. The number of rotatable bonds is 4. The molecular weight excluding hydrogens is 384 g/mol. The number of ether oxygens (including phenoxy) is 2. The first-order valence-corrected chi connectivity index (χ1v) is 9.60. The van der Waals surface area contributed by atoms with Crippen LogP contribution in [0, 0.1) is 26.2 Å². The number of aryl methyl sites for hydroxylation is 2. The lowest BCUT2D eigenvalue weighted by atomic mass is 9.84. The van der Waals surface area contributed by atoms with Crippen LogP contribution in [-0.2, 0) is 9.47 Å². The number of carbonyl (C=O) groups is 1. The third-order valence-corrected chi connectivity index (χ3v) is 5.53. The molecule has 0 bridgehead atoms. The van der Waals surface area contributed by atoms with Crippen molar-refractivity contribution in [2.24, 2.45) is 0 Å². The van der Waals surface area contributed by atoms with Gasteiger partial charge in [0.2, 0.25) is 0 Å². The number of hydrogen-bond donors (Lipinski definition) is 2. The first-order valence-electron chi connectivity index (χ1n) is 9.60. The number of fused-ring (bicyclic) bond motifs is 1.